The number of allylic oxidation sites excluding steroid dienone is 2. The molecule has 0 spiro atoms. The second kappa shape index (κ2) is 4.35. The fourth-order valence-corrected chi connectivity index (χ4v) is 4.18. The number of hydrogen-bond acceptors (Lipinski definition) is 1. The Hall–Kier alpha value is -0.590. The van der Waals surface area contributed by atoms with Gasteiger partial charge in [0.05, 0.1) is 0 Å². The van der Waals surface area contributed by atoms with Gasteiger partial charge in [-0.25, -0.2) is 0 Å². The number of fused-ring (bicyclic) bond motifs is 1. The van der Waals surface area contributed by atoms with Crippen molar-refractivity contribution in [1.82, 2.24) is 0 Å². The Morgan fingerprint density at radius 3 is 3.06 bits per heavy atom. The molecule has 0 aromatic rings. The van der Waals surface area contributed by atoms with Gasteiger partial charge in [0.15, 0.2) is 0 Å². The van der Waals surface area contributed by atoms with Gasteiger partial charge in [0.25, 0.3) is 0 Å². The molecule has 2 aliphatic rings. The minimum absolute atomic E-state index is 0.403. The zero-order chi connectivity index (χ0) is 11.8. The van der Waals surface area contributed by atoms with Gasteiger partial charge in [0.1, 0.15) is 6.29 Å². The molecule has 0 aromatic heterocycles. The smallest absolute Gasteiger partial charge is 0.120 e. The SMILES string of the molecule is C[C@H](CC=O)C1=CC[C@H]2[C@@H](C)CCC[C@]12C. The van der Waals surface area contributed by atoms with Crippen LogP contribution in [0.3, 0.4) is 0 Å². The van der Waals surface area contributed by atoms with Crippen molar-refractivity contribution in [3.8, 4) is 0 Å². The quantitative estimate of drug-likeness (QED) is 0.519. The average Bonchev–Trinajstić information content (AvgIpc) is 2.57. The van der Waals surface area contributed by atoms with Gasteiger partial charge in [0, 0.05) is 6.42 Å². The third kappa shape index (κ3) is 1.74. The Bertz CT molecular complexity index is 305. The van der Waals surface area contributed by atoms with E-state index in [2.05, 4.69) is 26.8 Å². The topological polar surface area (TPSA) is 17.1 Å². The van der Waals surface area contributed by atoms with Crippen LogP contribution in [0.2, 0.25) is 0 Å². The minimum atomic E-state index is 0.403. The number of carbonyl (C=O) groups excluding carboxylic acids is 1. The summed E-state index contributed by atoms with van der Waals surface area (Å²) in [5.74, 6) is 2.15. The van der Waals surface area contributed by atoms with E-state index in [-0.39, 0.29) is 0 Å². The molecular weight excluding hydrogens is 196 g/mol. The van der Waals surface area contributed by atoms with E-state index in [4.69, 9.17) is 0 Å². The summed E-state index contributed by atoms with van der Waals surface area (Å²) in [6.07, 6.45) is 9.55. The van der Waals surface area contributed by atoms with E-state index in [0.29, 0.717) is 17.8 Å². The molecule has 0 unspecified atom stereocenters. The molecule has 2 rings (SSSR count). The Kier molecular flexibility index (Phi) is 3.23. The van der Waals surface area contributed by atoms with Gasteiger partial charge >= 0.3 is 0 Å². The Morgan fingerprint density at radius 1 is 1.62 bits per heavy atom. The van der Waals surface area contributed by atoms with E-state index in [1.807, 2.05) is 0 Å². The van der Waals surface area contributed by atoms with Crippen molar-refractivity contribution >= 4 is 6.29 Å². The van der Waals surface area contributed by atoms with Gasteiger partial charge in [-0.3, -0.25) is 0 Å². The normalized spacial score (nSPS) is 40.1. The van der Waals surface area contributed by atoms with Crippen LogP contribution in [0.25, 0.3) is 0 Å². The van der Waals surface area contributed by atoms with Crippen LogP contribution in [-0.4, -0.2) is 6.29 Å². The maximum absolute atomic E-state index is 10.7. The molecule has 1 nitrogen and oxygen atoms in total. The van der Waals surface area contributed by atoms with Crippen LogP contribution < -0.4 is 0 Å². The molecule has 1 saturated carbocycles. The summed E-state index contributed by atoms with van der Waals surface area (Å²) in [5, 5.41) is 0. The zero-order valence-electron chi connectivity index (χ0n) is 10.8. The third-order valence-electron chi connectivity index (χ3n) is 5.09. The highest BCUT2D eigenvalue weighted by atomic mass is 16.1. The van der Waals surface area contributed by atoms with Gasteiger partial charge in [-0.2, -0.15) is 0 Å². The monoisotopic (exact) mass is 220 g/mol. The summed E-state index contributed by atoms with van der Waals surface area (Å²) in [7, 11) is 0. The minimum Gasteiger partial charge on any atom is -0.303 e. The molecule has 0 aromatic carbocycles. The molecule has 0 saturated heterocycles. The lowest BCUT2D eigenvalue weighted by molar-refractivity contribution is -0.108. The van der Waals surface area contributed by atoms with Gasteiger partial charge in [-0.15, -0.1) is 0 Å². The fourth-order valence-electron chi connectivity index (χ4n) is 4.18. The summed E-state index contributed by atoms with van der Waals surface area (Å²) in [5.41, 5.74) is 1.98. The first-order valence-electron chi connectivity index (χ1n) is 6.73. The molecule has 0 radical (unpaired) electrons. The van der Waals surface area contributed by atoms with Crippen molar-refractivity contribution in [2.45, 2.75) is 52.9 Å². The standard InChI is InChI=1S/C15H24O/c1-11-5-4-9-15(3)13(11)6-7-14(15)12(2)8-10-16/h7,10-13H,4-6,8-9H2,1-3H3/t11-,12+,13-,15-/m0/s1. The molecule has 1 heteroatoms. The first-order chi connectivity index (χ1) is 7.59. The first-order valence-corrected chi connectivity index (χ1v) is 6.73. The summed E-state index contributed by atoms with van der Waals surface area (Å²) < 4.78 is 0. The van der Waals surface area contributed by atoms with Crippen molar-refractivity contribution in [1.29, 1.82) is 0 Å². The van der Waals surface area contributed by atoms with Gasteiger partial charge in [-0.05, 0) is 36.0 Å². The van der Waals surface area contributed by atoms with Crippen molar-refractivity contribution < 1.29 is 4.79 Å². The highest BCUT2D eigenvalue weighted by Gasteiger charge is 2.46. The molecule has 2 aliphatic carbocycles. The van der Waals surface area contributed by atoms with Crippen molar-refractivity contribution in [3.05, 3.63) is 11.6 Å². The van der Waals surface area contributed by atoms with E-state index in [0.717, 1.165) is 18.1 Å². The highest BCUT2D eigenvalue weighted by Crippen LogP contribution is 2.56. The molecule has 1 fully saturated rings. The summed E-state index contributed by atoms with van der Waals surface area (Å²) in [6, 6.07) is 0. The summed E-state index contributed by atoms with van der Waals surface area (Å²) in [4.78, 5) is 10.7. The lowest BCUT2D eigenvalue weighted by Crippen LogP contribution is -2.35. The maximum atomic E-state index is 10.7. The van der Waals surface area contributed by atoms with Gasteiger partial charge in [0.2, 0.25) is 0 Å². The number of hydrogen-bond donors (Lipinski definition) is 0. The highest BCUT2D eigenvalue weighted by molar-refractivity contribution is 5.51. The first kappa shape index (κ1) is 11.9. The Balaban J connectivity index is 2.19. The molecule has 0 heterocycles. The van der Waals surface area contributed by atoms with E-state index in [1.54, 1.807) is 5.57 Å². The molecule has 4 atom stereocenters. The number of rotatable bonds is 3. The molecule has 16 heavy (non-hydrogen) atoms. The summed E-state index contributed by atoms with van der Waals surface area (Å²) >= 11 is 0. The molecule has 0 aliphatic heterocycles. The van der Waals surface area contributed by atoms with Crippen molar-refractivity contribution in [2.75, 3.05) is 0 Å². The summed E-state index contributed by atoms with van der Waals surface area (Å²) in [6.45, 7) is 7.06. The van der Waals surface area contributed by atoms with Crippen LogP contribution in [0.1, 0.15) is 52.9 Å². The maximum Gasteiger partial charge on any atom is 0.120 e. The third-order valence-corrected chi connectivity index (χ3v) is 5.09. The fraction of sp³-hybridized carbons (Fsp3) is 0.800. The Labute approximate surface area is 99.3 Å². The predicted octanol–water partition coefficient (Wildman–Crippen LogP) is 3.98. The van der Waals surface area contributed by atoms with Gasteiger partial charge < -0.3 is 4.79 Å². The Morgan fingerprint density at radius 2 is 2.38 bits per heavy atom. The molecule has 0 bridgehead atoms. The van der Waals surface area contributed by atoms with Crippen LogP contribution in [0, 0.1) is 23.2 Å². The number of aldehydes is 1. The van der Waals surface area contributed by atoms with Crippen LogP contribution >= 0.6 is 0 Å². The lowest BCUT2D eigenvalue weighted by Gasteiger charge is -2.44. The predicted molar refractivity (Wildman–Crippen MR) is 67.2 cm³/mol. The molecule has 0 N–H and O–H groups in total. The lowest BCUT2D eigenvalue weighted by atomic mass is 9.60. The van der Waals surface area contributed by atoms with E-state index < -0.39 is 0 Å². The van der Waals surface area contributed by atoms with Crippen LogP contribution in [0.5, 0.6) is 0 Å². The van der Waals surface area contributed by atoms with E-state index in [1.165, 1.54) is 25.7 Å². The average molecular weight is 220 g/mol. The van der Waals surface area contributed by atoms with Crippen LogP contribution in [0.15, 0.2) is 11.6 Å². The van der Waals surface area contributed by atoms with Crippen LogP contribution in [0.4, 0.5) is 0 Å². The molecule has 90 valence electrons. The largest absolute Gasteiger partial charge is 0.303 e. The van der Waals surface area contributed by atoms with Gasteiger partial charge in [-0.1, -0.05) is 45.3 Å². The number of carbonyl (C=O) groups is 1. The zero-order valence-corrected chi connectivity index (χ0v) is 10.8. The molecular formula is C15H24O. The van der Waals surface area contributed by atoms with E-state index >= 15 is 0 Å². The molecule has 0 amide bonds. The second-order valence-corrected chi connectivity index (χ2v) is 6.09. The second-order valence-electron chi connectivity index (χ2n) is 6.09. The van der Waals surface area contributed by atoms with Crippen LogP contribution in [-0.2, 0) is 4.79 Å². The van der Waals surface area contributed by atoms with E-state index in [9.17, 15) is 4.79 Å². The van der Waals surface area contributed by atoms with Crippen molar-refractivity contribution in [2.24, 2.45) is 23.2 Å². The van der Waals surface area contributed by atoms with Crippen molar-refractivity contribution in [3.63, 3.8) is 0 Å².